The molecule has 0 unspecified atom stereocenters. The Hall–Kier alpha value is -2.44. The fraction of sp³-hybridized carbons (Fsp3) is 0.462. The predicted molar refractivity (Wildman–Crippen MR) is 135 cm³/mol. The van der Waals surface area contributed by atoms with Crippen LogP contribution in [0.5, 0.6) is 5.75 Å². The first-order valence-electron chi connectivity index (χ1n) is 11.2. The maximum absolute atomic E-state index is 12.7. The second-order valence-corrected chi connectivity index (χ2v) is 15.1. The van der Waals surface area contributed by atoms with Gasteiger partial charge >= 0.3 is 0 Å². The first-order valence-corrected chi connectivity index (χ1v) is 14.1. The number of nitrogens with zero attached hydrogens (tertiary/aromatic N) is 1. The number of rotatable bonds is 6. The van der Waals surface area contributed by atoms with Crippen molar-refractivity contribution >= 4 is 19.2 Å². The summed E-state index contributed by atoms with van der Waals surface area (Å²) in [5, 5.41) is 0.830. The molecule has 5 nitrogen and oxygen atoms in total. The number of hydrogen-bond acceptors (Lipinski definition) is 4. The SMILES string of the molecule is Cc1cc(C)c2c(=O)[nH]c(-c3cc(C)c(OCCO[Si](C)(C)C(C)(C)C)c(C)c3)nc2c1. The number of fused-ring (bicyclic) bond motifs is 1. The summed E-state index contributed by atoms with van der Waals surface area (Å²) in [4.78, 5) is 20.5. The minimum atomic E-state index is -1.78. The summed E-state index contributed by atoms with van der Waals surface area (Å²) in [6, 6.07) is 8.00. The highest BCUT2D eigenvalue weighted by Crippen LogP contribution is 2.36. The fourth-order valence-electron chi connectivity index (χ4n) is 3.76. The van der Waals surface area contributed by atoms with E-state index in [1.54, 1.807) is 0 Å². The molecule has 0 aliphatic rings. The Labute approximate surface area is 192 Å². The first kappa shape index (κ1) is 24.2. The molecule has 0 amide bonds. The second-order valence-electron chi connectivity index (χ2n) is 10.3. The van der Waals surface area contributed by atoms with E-state index in [-0.39, 0.29) is 10.6 Å². The van der Waals surface area contributed by atoms with Crippen molar-refractivity contribution < 1.29 is 9.16 Å². The molecule has 0 fully saturated rings. The molecule has 0 bridgehead atoms. The van der Waals surface area contributed by atoms with Crippen LogP contribution in [0.25, 0.3) is 22.3 Å². The van der Waals surface area contributed by atoms with Crippen LogP contribution in [0.15, 0.2) is 29.1 Å². The molecule has 0 saturated heterocycles. The smallest absolute Gasteiger partial charge is 0.259 e. The summed E-state index contributed by atoms with van der Waals surface area (Å²) in [6.45, 7) is 20.3. The Morgan fingerprint density at radius 3 is 2.16 bits per heavy atom. The number of ether oxygens (including phenoxy) is 1. The van der Waals surface area contributed by atoms with Crippen LogP contribution in [0, 0.1) is 27.7 Å². The number of aryl methyl sites for hydroxylation is 4. The van der Waals surface area contributed by atoms with Crippen LogP contribution in [-0.2, 0) is 4.43 Å². The van der Waals surface area contributed by atoms with Gasteiger partial charge in [-0.1, -0.05) is 26.8 Å². The van der Waals surface area contributed by atoms with Crippen LogP contribution in [0.4, 0.5) is 0 Å². The van der Waals surface area contributed by atoms with E-state index in [1.165, 1.54) is 0 Å². The number of aromatic amines is 1. The van der Waals surface area contributed by atoms with Gasteiger partial charge in [0, 0.05) is 5.56 Å². The van der Waals surface area contributed by atoms with Crippen molar-refractivity contribution in [1.29, 1.82) is 0 Å². The maximum Gasteiger partial charge on any atom is 0.259 e. The van der Waals surface area contributed by atoms with Crippen molar-refractivity contribution in [3.05, 3.63) is 56.9 Å². The van der Waals surface area contributed by atoms with Gasteiger partial charge in [-0.25, -0.2) is 4.98 Å². The highest BCUT2D eigenvalue weighted by Gasteiger charge is 2.36. The van der Waals surface area contributed by atoms with Crippen molar-refractivity contribution in [3.8, 4) is 17.1 Å². The molecule has 6 heteroatoms. The number of hydrogen-bond donors (Lipinski definition) is 1. The molecular weight excluding hydrogens is 416 g/mol. The van der Waals surface area contributed by atoms with Gasteiger partial charge in [0.15, 0.2) is 8.32 Å². The molecule has 0 aliphatic carbocycles. The summed E-state index contributed by atoms with van der Waals surface area (Å²) in [7, 11) is -1.78. The molecule has 0 saturated carbocycles. The molecule has 1 N–H and O–H groups in total. The van der Waals surface area contributed by atoms with Gasteiger partial charge in [-0.05, 0) is 86.3 Å². The zero-order chi connectivity index (χ0) is 23.8. The summed E-state index contributed by atoms with van der Waals surface area (Å²) < 4.78 is 12.3. The quantitative estimate of drug-likeness (QED) is 0.356. The monoisotopic (exact) mass is 452 g/mol. The van der Waals surface area contributed by atoms with Crippen LogP contribution < -0.4 is 10.3 Å². The average molecular weight is 453 g/mol. The Bertz CT molecular complexity index is 1180. The van der Waals surface area contributed by atoms with Gasteiger partial charge in [-0.2, -0.15) is 0 Å². The van der Waals surface area contributed by atoms with Gasteiger partial charge in [0.05, 0.1) is 17.5 Å². The maximum atomic E-state index is 12.7. The van der Waals surface area contributed by atoms with E-state index < -0.39 is 8.32 Å². The number of nitrogens with one attached hydrogen (secondary N) is 1. The minimum Gasteiger partial charge on any atom is -0.491 e. The third-order valence-corrected chi connectivity index (χ3v) is 11.0. The highest BCUT2D eigenvalue weighted by atomic mass is 28.4. The second kappa shape index (κ2) is 8.83. The van der Waals surface area contributed by atoms with Gasteiger partial charge in [0.1, 0.15) is 18.2 Å². The summed E-state index contributed by atoms with van der Waals surface area (Å²) in [5.41, 5.74) is 5.54. The largest absolute Gasteiger partial charge is 0.491 e. The lowest BCUT2D eigenvalue weighted by atomic mass is 10.0. The van der Waals surface area contributed by atoms with E-state index in [1.807, 2.05) is 52.0 Å². The topological polar surface area (TPSA) is 64.2 Å². The minimum absolute atomic E-state index is 0.110. The third kappa shape index (κ3) is 4.97. The van der Waals surface area contributed by atoms with E-state index >= 15 is 0 Å². The van der Waals surface area contributed by atoms with Gasteiger partial charge < -0.3 is 14.1 Å². The number of aromatic nitrogens is 2. The lowest BCUT2D eigenvalue weighted by Gasteiger charge is -2.36. The van der Waals surface area contributed by atoms with Crippen LogP contribution in [0.1, 0.15) is 43.0 Å². The van der Waals surface area contributed by atoms with Crippen molar-refractivity contribution in [2.24, 2.45) is 0 Å². The van der Waals surface area contributed by atoms with E-state index in [9.17, 15) is 4.79 Å². The summed E-state index contributed by atoms with van der Waals surface area (Å²) in [6.07, 6.45) is 0. The molecule has 1 aromatic heterocycles. The van der Waals surface area contributed by atoms with Crippen LogP contribution in [-0.4, -0.2) is 31.5 Å². The molecular formula is C26H36N2O3Si. The van der Waals surface area contributed by atoms with E-state index in [0.29, 0.717) is 24.4 Å². The van der Waals surface area contributed by atoms with E-state index in [2.05, 4.69) is 38.8 Å². The third-order valence-electron chi connectivity index (χ3n) is 6.48. The molecule has 3 aromatic rings. The molecule has 32 heavy (non-hydrogen) atoms. The summed E-state index contributed by atoms with van der Waals surface area (Å²) in [5.74, 6) is 1.44. The standard InChI is InChI=1S/C26H36N2O3Si/c1-16-12-17(2)22-21(13-16)27-24(28-25(22)29)20-14-18(3)23(19(4)15-20)30-10-11-31-32(8,9)26(5,6)7/h12-15H,10-11H2,1-9H3,(H,27,28,29). The van der Waals surface area contributed by atoms with Gasteiger partial charge in [0.25, 0.3) is 5.56 Å². The van der Waals surface area contributed by atoms with Crippen molar-refractivity contribution in [2.45, 2.75) is 66.6 Å². The zero-order valence-electron chi connectivity index (χ0n) is 20.9. The molecule has 0 spiro atoms. The van der Waals surface area contributed by atoms with Crippen molar-refractivity contribution in [1.82, 2.24) is 9.97 Å². The van der Waals surface area contributed by atoms with Gasteiger partial charge in [-0.15, -0.1) is 0 Å². The van der Waals surface area contributed by atoms with Gasteiger partial charge in [0.2, 0.25) is 0 Å². The van der Waals surface area contributed by atoms with E-state index in [4.69, 9.17) is 14.1 Å². The molecule has 172 valence electrons. The van der Waals surface area contributed by atoms with Crippen molar-refractivity contribution in [2.75, 3.05) is 13.2 Å². The number of benzene rings is 2. The Morgan fingerprint density at radius 1 is 0.938 bits per heavy atom. The van der Waals surface area contributed by atoms with Crippen LogP contribution in [0.2, 0.25) is 18.1 Å². The van der Waals surface area contributed by atoms with Gasteiger partial charge in [-0.3, -0.25) is 4.79 Å². The Morgan fingerprint density at radius 2 is 1.56 bits per heavy atom. The fourth-order valence-corrected chi connectivity index (χ4v) is 4.78. The Kier molecular flexibility index (Phi) is 6.68. The normalized spacial score (nSPS) is 12.4. The molecule has 0 atom stereocenters. The first-order chi connectivity index (χ1) is 14.8. The van der Waals surface area contributed by atoms with Crippen LogP contribution in [0.3, 0.4) is 0 Å². The summed E-state index contributed by atoms with van der Waals surface area (Å²) >= 11 is 0. The highest BCUT2D eigenvalue weighted by molar-refractivity contribution is 6.74. The number of H-pyrrole nitrogens is 1. The molecule has 1 heterocycles. The molecule has 2 aromatic carbocycles. The van der Waals surface area contributed by atoms with Crippen molar-refractivity contribution in [3.63, 3.8) is 0 Å². The molecule has 3 rings (SSSR count). The Balaban J connectivity index is 1.83. The lowest BCUT2D eigenvalue weighted by Crippen LogP contribution is -2.41. The molecule has 0 radical (unpaired) electrons. The van der Waals surface area contributed by atoms with E-state index in [0.717, 1.165) is 39.1 Å². The zero-order valence-corrected chi connectivity index (χ0v) is 21.9. The molecule has 0 aliphatic heterocycles. The van der Waals surface area contributed by atoms with Crippen LogP contribution >= 0.6 is 0 Å². The lowest BCUT2D eigenvalue weighted by molar-refractivity contribution is 0.202. The average Bonchev–Trinajstić information content (AvgIpc) is 2.64. The predicted octanol–water partition coefficient (Wildman–Crippen LogP) is 6.22.